The van der Waals surface area contributed by atoms with Gasteiger partial charge in [0.15, 0.2) is 0 Å². The Balaban J connectivity index is 2.04. The van der Waals surface area contributed by atoms with Gasteiger partial charge in [0.25, 0.3) is 0 Å². The van der Waals surface area contributed by atoms with Crippen molar-refractivity contribution >= 4 is 17.8 Å². The van der Waals surface area contributed by atoms with Crippen molar-refractivity contribution in [3.63, 3.8) is 0 Å². The molecule has 0 aromatic heterocycles. The van der Waals surface area contributed by atoms with Crippen molar-refractivity contribution in [2.24, 2.45) is 11.8 Å². The number of methoxy groups -OCH3 is 1. The Morgan fingerprint density at radius 2 is 2.17 bits per heavy atom. The number of hydrogen-bond acceptors (Lipinski definition) is 4. The van der Waals surface area contributed by atoms with E-state index < -0.39 is 17.9 Å². The molecule has 0 aromatic rings. The monoisotopic (exact) mass is 255 g/mol. The van der Waals surface area contributed by atoms with Crippen molar-refractivity contribution in [2.75, 3.05) is 13.7 Å². The predicted octanol–water partition coefficient (Wildman–Crippen LogP) is 0.261. The summed E-state index contributed by atoms with van der Waals surface area (Å²) in [6, 6.07) is -0.260. The van der Waals surface area contributed by atoms with Crippen LogP contribution in [0.5, 0.6) is 0 Å². The fraction of sp³-hybridized carbons (Fsp3) is 0.750. The van der Waals surface area contributed by atoms with Crippen LogP contribution in [0.1, 0.15) is 25.7 Å². The lowest BCUT2D eigenvalue weighted by molar-refractivity contribution is -0.145. The number of hydrogen-bond donors (Lipinski definition) is 1. The van der Waals surface area contributed by atoms with Gasteiger partial charge < -0.3 is 14.7 Å². The highest BCUT2D eigenvalue weighted by molar-refractivity contribution is 5.87. The number of likely N-dealkylation sites (tertiary alicyclic amines) is 1. The maximum Gasteiger partial charge on any atom is 0.310 e. The zero-order chi connectivity index (χ0) is 13.3. The minimum absolute atomic E-state index is 0.0374. The molecule has 6 heteroatoms. The molecular formula is C12H17NO5. The summed E-state index contributed by atoms with van der Waals surface area (Å²) < 4.78 is 4.63. The molecule has 2 aliphatic rings. The second-order valence-corrected chi connectivity index (χ2v) is 4.97. The predicted molar refractivity (Wildman–Crippen MR) is 60.6 cm³/mol. The van der Waals surface area contributed by atoms with E-state index in [0.717, 1.165) is 12.8 Å². The van der Waals surface area contributed by atoms with E-state index >= 15 is 0 Å². The molecule has 1 N–H and O–H groups in total. The van der Waals surface area contributed by atoms with Crippen LogP contribution in [0.15, 0.2) is 0 Å². The van der Waals surface area contributed by atoms with Gasteiger partial charge >= 0.3 is 11.9 Å². The van der Waals surface area contributed by atoms with E-state index in [0.29, 0.717) is 6.54 Å². The van der Waals surface area contributed by atoms with Crippen LogP contribution in [0.4, 0.5) is 0 Å². The van der Waals surface area contributed by atoms with Gasteiger partial charge in [-0.05, 0) is 18.8 Å². The topological polar surface area (TPSA) is 83.9 Å². The second-order valence-electron chi connectivity index (χ2n) is 4.97. The molecule has 2 rings (SSSR count). The summed E-state index contributed by atoms with van der Waals surface area (Å²) in [5.74, 6) is -1.60. The molecule has 1 aliphatic carbocycles. The van der Waals surface area contributed by atoms with Crippen molar-refractivity contribution < 1.29 is 24.2 Å². The van der Waals surface area contributed by atoms with Crippen LogP contribution >= 0.6 is 0 Å². The Kier molecular flexibility index (Phi) is 3.54. The molecule has 6 nitrogen and oxygen atoms in total. The number of carbonyl (C=O) groups is 3. The number of nitrogens with zero attached hydrogens (tertiary/aromatic N) is 1. The van der Waals surface area contributed by atoms with Crippen molar-refractivity contribution in [1.29, 1.82) is 0 Å². The number of carboxylic acids is 1. The van der Waals surface area contributed by atoms with Gasteiger partial charge in [0.2, 0.25) is 5.91 Å². The van der Waals surface area contributed by atoms with Gasteiger partial charge in [-0.3, -0.25) is 14.4 Å². The number of esters is 1. The largest absolute Gasteiger partial charge is 0.481 e. The average molecular weight is 255 g/mol. The van der Waals surface area contributed by atoms with Gasteiger partial charge in [-0.15, -0.1) is 0 Å². The van der Waals surface area contributed by atoms with Gasteiger partial charge in [-0.1, -0.05) is 0 Å². The van der Waals surface area contributed by atoms with Gasteiger partial charge in [0.1, 0.15) is 0 Å². The minimum atomic E-state index is -0.902. The number of ether oxygens (including phenoxy) is 1. The molecule has 1 amide bonds. The molecule has 0 radical (unpaired) electrons. The molecule has 1 heterocycles. The normalized spacial score (nSPS) is 25.1. The van der Waals surface area contributed by atoms with Crippen molar-refractivity contribution in [1.82, 2.24) is 4.90 Å². The molecule has 18 heavy (non-hydrogen) atoms. The van der Waals surface area contributed by atoms with Crippen LogP contribution in [0.3, 0.4) is 0 Å². The second kappa shape index (κ2) is 4.96. The van der Waals surface area contributed by atoms with Gasteiger partial charge in [0.05, 0.1) is 19.4 Å². The molecule has 1 saturated heterocycles. The van der Waals surface area contributed by atoms with Crippen LogP contribution in [0.2, 0.25) is 0 Å². The van der Waals surface area contributed by atoms with Crippen LogP contribution in [-0.4, -0.2) is 47.5 Å². The summed E-state index contributed by atoms with van der Waals surface area (Å²) in [4.78, 5) is 35.7. The quantitative estimate of drug-likeness (QED) is 0.712. The van der Waals surface area contributed by atoms with Crippen molar-refractivity contribution in [3.8, 4) is 0 Å². The number of carboxylic acid groups (broad SMARTS) is 1. The molecule has 2 atom stereocenters. The maximum absolute atomic E-state index is 11.9. The highest BCUT2D eigenvalue weighted by atomic mass is 16.5. The molecule has 0 aromatic carbocycles. The third-order valence-corrected chi connectivity index (χ3v) is 3.64. The van der Waals surface area contributed by atoms with Crippen LogP contribution in [0.25, 0.3) is 0 Å². The first-order valence-corrected chi connectivity index (χ1v) is 6.12. The zero-order valence-electron chi connectivity index (χ0n) is 10.3. The molecule has 2 unspecified atom stereocenters. The maximum atomic E-state index is 11.9. The smallest absolute Gasteiger partial charge is 0.310 e. The number of amides is 1. The summed E-state index contributed by atoms with van der Waals surface area (Å²) in [5, 5.41) is 8.90. The van der Waals surface area contributed by atoms with E-state index in [4.69, 9.17) is 5.11 Å². The molecule has 0 bridgehead atoms. The first-order chi connectivity index (χ1) is 8.52. The third kappa shape index (κ3) is 2.63. The number of rotatable bonds is 5. The van der Waals surface area contributed by atoms with Crippen LogP contribution in [0, 0.1) is 11.8 Å². The van der Waals surface area contributed by atoms with Gasteiger partial charge in [0, 0.05) is 19.0 Å². The highest BCUT2D eigenvalue weighted by Gasteiger charge is 2.44. The summed E-state index contributed by atoms with van der Waals surface area (Å²) in [6.45, 7) is 0.292. The molecule has 0 spiro atoms. The van der Waals surface area contributed by atoms with Crippen molar-refractivity contribution in [2.45, 2.75) is 31.7 Å². The fourth-order valence-corrected chi connectivity index (χ4v) is 2.57. The molecule has 2 fully saturated rings. The Labute approximate surface area is 105 Å². The Morgan fingerprint density at radius 3 is 2.67 bits per heavy atom. The lowest BCUT2D eigenvalue weighted by atomic mass is 10.1. The summed E-state index contributed by atoms with van der Waals surface area (Å²) >= 11 is 0. The van der Waals surface area contributed by atoms with E-state index in [9.17, 15) is 14.4 Å². The van der Waals surface area contributed by atoms with E-state index in [1.165, 1.54) is 7.11 Å². The zero-order valence-corrected chi connectivity index (χ0v) is 10.3. The molecule has 1 aliphatic heterocycles. The first-order valence-electron chi connectivity index (χ1n) is 6.12. The lowest BCUT2D eigenvalue weighted by Gasteiger charge is -2.26. The van der Waals surface area contributed by atoms with Crippen molar-refractivity contribution in [3.05, 3.63) is 0 Å². The van der Waals surface area contributed by atoms with Crippen LogP contribution in [-0.2, 0) is 19.1 Å². The lowest BCUT2D eigenvalue weighted by Crippen LogP contribution is -2.40. The molecule has 100 valence electrons. The van der Waals surface area contributed by atoms with E-state index in [1.807, 2.05) is 0 Å². The van der Waals surface area contributed by atoms with E-state index in [-0.39, 0.29) is 30.7 Å². The van der Waals surface area contributed by atoms with Crippen LogP contribution < -0.4 is 0 Å². The highest BCUT2D eigenvalue weighted by Crippen LogP contribution is 2.39. The average Bonchev–Trinajstić information content (AvgIpc) is 3.08. The molecule has 1 saturated carbocycles. The van der Waals surface area contributed by atoms with E-state index in [2.05, 4.69) is 4.74 Å². The third-order valence-electron chi connectivity index (χ3n) is 3.64. The Hall–Kier alpha value is -1.59. The number of aliphatic carboxylic acids is 1. The standard InChI is InChI=1S/C12H17NO5/c1-18-12(17)8-4-10(14)13(6-8)9(5-11(15)16)7-2-3-7/h7-9H,2-6H2,1H3,(H,15,16). The van der Waals surface area contributed by atoms with E-state index in [1.54, 1.807) is 4.90 Å². The van der Waals surface area contributed by atoms with Gasteiger partial charge in [-0.25, -0.2) is 0 Å². The summed E-state index contributed by atoms with van der Waals surface area (Å²) in [6.07, 6.45) is 2.02. The Bertz CT molecular complexity index is 377. The molecular weight excluding hydrogens is 238 g/mol. The van der Waals surface area contributed by atoms with Gasteiger partial charge in [-0.2, -0.15) is 0 Å². The minimum Gasteiger partial charge on any atom is -0.481 e. The fourth-order valence-electron chi connectivity index (χ4n) is 2.57. The number of carbonyl (C=O) groups excluding carboxylic acids is 2. The Morgan fingerprint density at radius 1 is 1.50 bits per heavy atom. The first kappa shape index (κ1) is 12.9. The summed E-state index contributed by atoms with van der Waals surface area (Å²) in [5.41, 5.74) is 0. The SMILES string of the molecule is COC(=O)C1CC(=O)N(C(CC(=O)O)C2CC2)C1. The summed E-state index contributed by atoms with van der Waals surface area (Å²) in [7, 11) is 1.30.